The topological polar surface area (TPSA) is 38.5 Å². The zero-order chi connectivity index (χ0) is 12.5. The first-order chi connectivity index (χ1) is 7.97. The van der Waals surface area contributed by atoms with E-state index in [-0.39, 0.29) is 5.54 Å². The summed E-state index contributed by atoms with van der Waals surface area (Å²) in [5.41, 5.74) is 6.75. The van der Waals surface area contributed by atoms with Gasteiger partial charge in [-0.15, -0.1) is 0 Å². The van der Waals surface area contributed by atoms with Crippen molar-refractivity contribution in [2.45, 2.75) is 38.8 Å². The Bertz CT molecular complexity index is 272. The molecule has 2 heterocycles. The van der Waals surface area contributed by atoms with Gasteiger partial charge in [0, 0.05) is 30.9 Å². The third-order valence-corrected chi connectivity index (χ3v) is 5.69. The van der Waals surface area contributed by atoms with E-state index in [1.54, 1.807) is 0 Å². The fourth-order valence-corrected chi connectivity index (χ4v) is 4.76. The summed E-state index contributed by atoms with van der Waals surface area (Å²) in [4.78, 5) is 2.59. The lowest BCUT2D eigenvalue weighted by atomic mass is 9.78. The van der Waals surface area contributed by atoms with E-state index in [1.807, 2.05) is 0 Å². The third kappa shape index (κ3) is 2.98. The maximum Gasteiger partial charge on any atom is 0.0674 e. The molecule has 100 valence electrons. The Balaban J connectivity index is 2.12. The third-order valence-electron chi connectivity index (χ3n) is 3.96. The van der Waals surface area contributed by atoms with Crippen molar-refractivity contribution in [3.8, 4) is 0 Å². The molecule has 17 heavy (non-hydrogen) atoms. The van der Waals surface area contributed by atoms with E-state index in [2.05, 4.69) is 37.4 Å². The molecule has 0 aromatic carbocycles. The van der Waals surface area contributed by atoms with Crippen LogP contribution in [0.3, 0.4) is 0 Å². The number of rotatable bonds is 2. The normalized spacial score (nSPS) is 39.2. The number of hydrogen-bond acceptors (Lipinski definition) is 4. The Morgan fingerprint density at radius 1 is 1.41 bits per heavy atom. The number of nitrogens with two attached hydrogens (primary N) is 1. The first-order valence-electron chi connectivity index (χ1n) is 6.62. The van der Waals surface area contributed by atoms with Gasteiger partial charge in [0.15, 0.2) is 0 Å². The SMILES string of the molecule is CC1CN(C2(CN)CSCC(C)(C)C2)CCO1. The van der Waals surface area contributed by atoms with Crippen LogP contribution >= 0.6 is 11.8 Å². The van der Waals surface area contributed by atoms with Crippen molar-refractivity contribution in [1.29, 1.82) is 0 Å². The van der Waals surface area contributed by atoms with Crippen molar-refractivity contribution < 1.29 is 4.74 Å². The molecule has 2 aliphatic heterocycles. The van der Waals surface area contributed by atoms with Gasteiger partial charge in [-0.2, -0.15) is 11.8 Å². The smallest absolute Gasteiger partial charge is 0.0674 e. The molecule has 2 N–H and O–H groups in total. The monoisotopic (exact) mass is 258 g/mol. The van der Waals surface area contributed by atoms with E-state index in [4.69, 9.17) is 10.5 Å². The van der Waals surface area contributed by atoms with Gasteiger partial charge >= 0.3 is 0 Å². The molecule has 2 saturated heterocycles. The van der Waals surface area contributed by atoms with E-state index >= 15 is 0 Å². The van der Waals surface area contributed by atoms with Crippen LogP contribution in [0.1, 0.15) is 27.2 Å². The molecule has 0 bridgehead atoms. The van der Waals surface area contributed by atoms with Crippen LogP contribution in [-0.2, 0) is 4.74 Å². The van der Waals surface area contributed by atoms with Crippen LogP contribution < -0.4 is 5.73 Å². The van der Waals surface area contributed by atoms with Crippen LogP contribution in [0.4, 0.5) is 0 Å². The van der Waals surface area contributed by atoms with Crippen molar-refractivity contribution in [2.75, 3.05) is 37.7 Å². The van der Waals surface area contributed by atoms with Gasteiger partial charge < -0.3 is 10.5 Å². The summed E-state index contributed by atoms with van der Waals surface area (Å²) in [5.74, 6) is 2.44. The van der Waals surface area contributed by atoms with E-state index in [1.165, 1.54) is 17.9 Å². The van der Waals surface area contributed by atoms with E-state index in [0.717, 1.165) is 26.2 Å². The Kier molecular flexibility index (Phi) is 4.08. The van der Waals surface area contributed by atoms with Gasteiger partial charge in [0.2, 0.25) is 0 Å². The number of hydrogen-bond donors (Lipinski definition) is 1. The Hall–Kier alpha value is 0.230. The molecule has 0 aromatic rings. The molecule has 2 atom stereocenters. The summed E-state index contributed by atoms with van der Waals surface area (Å²) in [7, 11) is 0. The second-order valence-corrected chi connectivity index (χ2v) is 7.38. The quantitative estimate of drug-likeness (QED) is 0.816. The molecular formula is C13H26N2OS. The molecule has 2 aliphatic rings. The summed E-state index contributed by atoms with van der Waals surface area (Å²) < 4.78 is 5.65. The Labute approximate surface area is 109 Å². The van der Waals surface area contributed by atoms with Crippen molar-refractivity contribution in [3.05, 3.63) is 0 Å². The first-order valence-corrected chi connectivity index (χ1v) is 7.77. The fraction of sp³-hybridized carbons (Fsp3) is 1.00. The average Bonchev–Trinajstić information content (AvgIpc) is 2.27. The highest BCUT2D eigenvalue weighted by Crippen LogP contribution is 2.42. The maximum atomic E-state index is 6.14. The van der Waals surface area contributed by atoms with Gasteiger partial charge in [-0.25, -0.2) is 0 Å². The van der Waals surface area contributed by atoms with Crippen molar-refractivity contribution in [1.82, 2.24) is 4.90 Å². The standard InChI is InChI=1S/C13H26N2OS/c1-11-6-15(4-5-16-11)13(8-14)7-12(2,3)9-17-10-13/h11H,4-10,14H2,1-3H3. The van der Waals surface area contributed by atoms with E-state index in [9.17, 15) is 0 Å². The second-order valence-electron chi connectivity index (χ2n) is 6.39. The van der Waals surface area contributed by atoms with Crippen LogP contribution in [0.15, 0.2) is 0 Å². The van der Waals surface area contributed by atoms with Gasteiger partial charge in [-0.05, 0) is 24.5 Å². The summed E-state index contributed by atoms with van der Waals surface area (Å²) in [5, 5.41) is 0. The molecule has 0 saturated carbocycles. The number of nitrogens with zero attached hydrogens (tertiary/aromatic N) is 1. The van der Waals surface area contributed by atoms with Crippen molar-refractivity contribution in [2.24, 2.45) is 11.1 Å². The lowest BCUT2D eigenvalue weighted by molar-refractivity contribution is -0.0645. The molecule has 4 heteroatoms. The molecule has 0 aliphatic carbocycles. The largest absolute Gasteiger partial charge is 0.376 e. The Morgan fingerprint density at radius 2 is 2.18 bits per heavy atom. The van der Waals surface area contributed by atoms with Crippen molar-refractivity contribution >= 4 is 11.8 Å². The molecule has 0 radical (unpaired) electrons. The van der Waals surface area contributed by atoms with Crippen LogP contribution in [0.2, 0.25) is 0 Å². The minimum absolute atomic E-state index is 0.199. The van der Waals surface area contributed by atoms with Crippen LogP contribution in [0, 0.1) is 5.41 Å². The predicted molar refractivity (Wildman–Crippen MR) is 74.5 cm³/mol. The average molecular weight is 258 g/mol. The number of morpholine rings is 1. The minimum Gasteiger partial charge on any atom is -0.376 e. The van der Waals surface area contributed by atoms with Crippen LogP contribution in [-0.4, -0.2) is 54.3 Å². The van der Waals surface area contributed by atoms with Gasteiger partial charge in [-0.1, -0.05) is 13.8 Å². The Morgan fingerprint density at radius 3 is 2.76 bits per heavy atom. The summed E-state index contributed by atoms with van der Waals surface area (Å²) in [6.45, 7) is 10.6. The van der Waals surface area contributed by atoms with E-state index < -0.39 is 0 Å². The molecule has 0 aromatic heterocycles. The molecule has 0 amide bonds. The summed E-state index contributed by atoms with van der Waals surface area (Å²) in [6, 6.07) is 0. The summed E-state index contributed by atoms with van der Waals surface area (Å²) >= 11 is 2.07. The molecule has 2 rings (SSSR count). The first kappa shape index (κ1) is 13.7. The fourth-order valence-electron chi connectivity index (χ4n) is 3.22. The highest BCUT2D eigenvalue weighted by Gasteiger charge is 2.44. The highest BCUT2D eigenvalue weighted by molar-refractivity contribution is 7.99. The number of thioether (sulfide) groups is 1. The maximum absolute atomic E-state index is 6.14. The van der Waals surface area contributed by atoms with Gasteiger partial charge in [0.05, 0.1) is 12.7 Å². The zero-order valence-electron chi connectivity index (χ0n) is 11.4. The van der Waals surface area contributed by atoms with Crippen LogP contribution in [0.25, 0.3) is 0 Å². The number of ether oxygens (including phenoxy) is 1. The molecule has 3 nitrogen and oxygen atoms in total. The van der Waals surface area contributed by atoms with Gasteiger partial charge in [0.1, 0.15) is 0 Å². The lowest BCUT2D eigenvalue weighted by Crippen LogP contribution is -2.63. The van der Waals surface area contributed by atoms with Gasteiger partial charge in [0.25, 0.3) is 0 Å². The minimum atomic E-state index is 0.199. The van der Waals surface area contributed by atoms with Gasteiger partial charge in [-0.3, -0.25) is 4.90 Å². The second kappa shape index (κ2) is 5.08. The predicted octanol–water partition coefficient (Wildman–Crippen LogP) is 1.57. The highest BCUT2D eigenvalue weighted by atomic mass is 32.2. The zero-order valence-corrected chi connectivity index (χ0v) is 12.2. The van der Waals surface area contributed by atoms with Crippen LogP contribution in [0.5, 0.6) is 0 Å². The van der Waals surface area contributed by atoms with E-state index in [0.29, 0.717) is 11.5 Å². The molecule has 2 fully saturated rings. The molecular weight excluding hydrogens is 232 g/mol. The lowest BCUT2D eigenvalue weighted by Gasteiger charge is -2.52. The summed E-state index contributed by atoms with van der Waals surface area (Å²) in [6.07, 6.45) is 1.57. The molecule has 0 spiro atoms. The molecule has 2 unspecified atom stereocenters. The van der Waals surface area contributed by atoms with Crippen molar-refractivity contribution in [3.63, 3.8) is 0 Å².